The van der Waals surface area contributed by atoms with E-state index in [1.54, 1.807) is 18.2 Å². The molecule has 54 heavy (non-hydrogen) atoms. The monoisotopic (exact) mass is 786 g/mol. The van der Waals surface area contributed by atoms with Crippen molar-refractivity contribution in [3.8, 4) is 11.5 Å². The molecule has 4 aromatic carbocycles. The summed E-state index contributed by atoms with van der Waals surface area (Å²) in [7, 11) is -7.87. The molecule has 0 bridgehead atoms. The molecule has 0 saturated carbocycles. The van der Waals surface area contributed by atoms with Crippen LogP contribution >= 0.6 is 11.6 Å². The molecule has 1 saturated heterocycles. The number of hydrogen-bond acceptors (Lipinski definition) is 8. The first-order valence-electron chi connectivity index (χ1n) is 17.8. The molecule has 0 radical (unpaired) electrons. The van der Waals surface area contributed by atoms with E-state index in [9.17, 15) is 21.6 Å². The highest BCUT2D eigenvalue weighted by atomic mass is 35.5. The van der Waals surface area contributed by atoms with E-state index in [0.717, 1.165) is 92.0 Å². The molecule has 2 heterocycles. The van der Waals surface area contributed by atoms with E-state index in [-0.39, 0.29) is 26.5 Å². The molecule has 1 amide bonds. The SMILES string of the molecule is CC1(C)CCC(CN2CCN(c3ccc(C(=O)NS(=O)(=O)c4ccc(S(C)(=O)=O)cc4)c(Oc4ccc5[nH]ccc5c4)c3)CC2)=C(c2ccc(Cl)cc2)C1. The minimum absolute atomic E-state index is 0.0305. The van der Waals surface area contributed by atoms with Gasteiger partial charge in [0.15, 0.2) is 9.84 Å². The molecule has 282 valence electrons. The number of rotatable bonds is 10. The van der Waals surface area contributed by atoms with Crippen LogP contribution in [0.2, 0.25) is 5.02 Å². The first-order valence-corrected chi connectivity index (χ1v) is 21.6. The number of nitrogens with one attached hydrogen (secondary N) is 2. The number of hydrogen-bond donors (Lipinski definition) is 2. The predicted molar refractivity (Wildman–Crippen MR) is 214 cm³/mol. The number of H-pyrrole nitrogens is 1. The summed E-state index contributed by atoms with van der Waals surface area (Å²) in [5, 5.41) is 1.65. The zero-order chi connectivity index (χ0) is 38.3. The quantitative estimate of drug-likeness (QED) is 0.146. The molecule has 7 rings (SSSR count). The van der Waals surface area contributed by atoms with Crippen molar-refractivity contribution in [2.45, 2.75) is 42.9 Å². The van der Waals surface area contributed by atoms with Crippen LogP contribution in [0.5, 0.6) is 11.5 Å². The third-order valence-corrected chi connectivity index (χ3v) is 13.0. The van der Waals surface area contributed by atoms with Crippen molar-refractivity contribution in [1.29, 1.82) is 0 Å². The Morgan fingerprint density at radius 3 is 2.28 bits per heavy atom. The topological polar surface area (TPSA) is 129 Å². The summed E-state index contributed by atoms with van der Waals surface area (Å²) < 4.78 is 58.7. The van der Waals surface area contributed by atoms with Crippen LogP contribution in [0, 0.1) is 5.41 Å². The second kappa shape index (κ2) is 14.9. The average Bonchev–Trinajstić information content (AvgIpc) is 3.61. The summed E-state index contributed by atoms with van der Waals surface area (Å²) in [6.07, 6.45) is 6.10. The van der Waals surface area contributed by atoms with Crippen LogP contribution in [0.25, 0.3) is 16.5 Å². The van der Waals surface area contributed by atoms with Crippen LogP contribution in [0.4, 0.5) is 5.69 Å². The molecule has 5 aromatic rings. The van der Waals surface area contributed by atoms with Gasteiger partial charge in [0.2, 0.25) is 0 Å². The molecule has 1 aliphatic carbocycles. The number of sulfonamides is 1. The number of benzene rings is 4. The largest absolute Gasteiger partial charge is 0.456 e. The zero-order valence-electron chi connectivity index (χ0n) is 30.4. The number of carbonyl (C=O) groups is 1. The molecule has 1 aromatic heterocycles. The Labute approximate surface area is 321 Å². The smallest absolute Gasteiger partial charge is 0.268 e. The van der Waals surface area contributed by atoms with Gasteiger partial charge in [-0.3, -0.25) is 9.69 Å². The highest BCUT2D eigenvalue weighted by Gasteiger charge is 2.30. The van der Waals surface area contributed by atoms with Gasteiger partial charge in [-0.25, -0.2) is 21.6 Å². The fraction of sp³-hybridized carbons (Fsp3) is 0.293. The molecular weight excluding hydrogens is 744 g/mol. The number of carbonyl (C=O) groups excluding carboxylic acids is 1. The summed E-state index contributed by atoms with van der Waals surface area (Å²) in [5.41, 5.74) is 6.19. The first-order chi connectivity index (χ1) is 25.6. The molecule has 10 nitrogen and oxygen atoms in total. The normalized spacial score (nSPS) is 16.8. The van der Waals surface area contributed by atoms with Crippen LogP contribution in [0.1, 0.15) is 49.0 Å². The number of nitrogens with zero attached hydrogens (tertiary/aromatic N) is 2. The number of halogens is 1. The van der Waals surface area contributed by atoms with Gasteiger partial charge in [0.25, 0.3) is 15.9 Å². The molecule has 0 spiro atoms. The number of amides is 1. The lowest BCUT2D eigenvalue weighted by Crippen LogP contribution is -2.47. The van der Waals surface area contributed by atoms with Crippen molar-refractivity contribution in [3.05, 3.63) is 119 Å². The number of aromatic amines is 1. The van der Waals surface area contributed by atoms with Gasteiger partial charge in [0.1, 0.15) is 11.5 Å². The molecule has 2 aliphatic rings. The van der Waals surface area contributed by atoms with E-state index in [1.165, 1.54) is 28.8 Å². The highest BCUT2D eigenvalue weighted by molar-refractivity contribution is 7.91. The van der Waals surface area contributed by atoms with E-state index in [0.29, 0.717) is 5.75 Å². The molecule has 13 heteroatoms. The Morgan fingerprint density at radius 1 is 0.870 bits per heavy atom. The molecule has 2 N–H and O–H groups in total. The van der Waals surface area contributed by atoms with Crippen molar-refractivity contribution in [3.63, 3.8) is 0 Å². The second-order valence-corrected chi connectivity index (χ2v) is 19.0. The Kier molecular flexibility index (Phi) is 10.4. The number of aromatic nitrogens is 1. The van der Waals surface area contributed by atoms with Gasteiger partial charge in [-0.2, -0.15) is 0 Å². The van der Waals surface area contributed by atoms with E-state index in [1.807, 2.05) is 42.6 Å². The van der Waals surface area contributed by atoms with E-state index in [4.69, 9.17) is 16.3 Å². The fourth-order valence-corrected chi connectivity index (χ4v) is 8.92. The third-order valence-electron chi connectivity index (χ3n) is 10.3. The maximum absolute atomic E-state index is 13.6. The van der Waals surface area contributed by atoms with Gasteiger partial charge < -0.3 is 14.6 Å². The number of fused-ring (bicyclic) bond motifs is 1. The fourth-order valence-electron chi connectivity index (χ4n) is 7.20. The van der Waals surface area contributed by atoms with Crippen molar-refractivity contribution >= 4 is 59.5 Å². The van der Waals surface area contributed by atoms with Gasteiger partial charge in [-0.05, 0) is 109 Å². The Bertz CT molecular complexity index is 2450. The molecule has 1 fully saturated rings. The Balaban J connectivity index is 1.11. The molecule has 0 unspecified atom stereocenters. The van der Waals surface area contributed by atoms with Gasteiger partial charge in [0.05, 0.1) is 15.4 Å². The minimum Gasteiger partial charge on any atom is -0.456 e. The number of allylic oxidation sites excluding steroid dienone is 1. The van der Waals surface area contributed by atoms with Crippen molar-refractivity contribution in [1.82, 2.24) is 14.6 Å². The molecular formula is C41H43ClN4O6S2. The number of piperazine rings is 1. The van der Waals surface area contributed by atoms with Crippen LogP contribution in [-0.2, 0) is 19.9 Å². The molecule has 0 atom stereocenters. The van der Waals surface area contributed by atoms with E-state index in [2.05, 4.69) is 45.5 Å². The lowest BCUT2D eigenvalue weighted by molar-refractivity contribution is 0.0979. The van der Waals surface area contributed by atoms with E-state index < -0.39 is 25.8 Å². The minimum atomic E-state index is -4.34. The summed E-state index contributed by atoms with van der Waals surface area (Å²) >= 11 is 6.22. The Hall–Kier alpha value is -4.62. The van der Waals surface area contributed by atoms with Gasteiger partial charge in [-0.1, -0.05) is 43.2 Å². The third kappa shape index (κ3) is 8.52. The van der Waals surface area contributed by atoms with Gasteiger partial charge in [0, 0.05) is 72.9 Å². The van der Waals surface area contributed by atoms with E-state index >= 15 is 0 Å². The average molecular weight is 787 g/mol. The summed E-state index contributed by atoms with van der Waals surface area (Å²) in [5.74, 6) is -0.193. The molecule has 1 aliphatic heterocycles. The number of sulfone groups is 1. The Morgan fingerprint density at radius 2 is 1.57 bits per heavy atom. The highest BCUT2D eigenvalue weighted by Crippen LogP contribution is 2.43. The summed E-state index contributed by atoms with van der Waals surface area (Å²) in [6, 6.07) is 25.5. The van der Waals surface area contributed by atoms with Crippen LogP contribution in [-0.4, -0.2) is 71.6 Å². The van der Waals surface area contributed by atoms with Gasteiger partial charge >= 0.3 is 0 Å². The van der Waals surface area contributed by atoms with Crippen molar-refractivity contribution in [2.24, 2.45) is 5.41 Å². The van der Waals surface area contributed by atoms with Crippen molar-refractivity contribution < 1.29 is 26.4 Å². The predicted octanol–water partition coefficient (Wildman–Crippen LogP) is 7.92. The van der Waals surface area contributed by atoms with Crippen LogP contribution < -0.4 is 14.4 Å². The first kappa shape index (κ1) is 37.7. The number of anilines is 1. The standard InChI is InChI=1S/C41H43ClN4O6S2/c1-41(2)18-16-30(37(26-41)28-4-6-31(42)7-5-28)27-45-20-22-46(23-21-45)32-8-14-36(39(25-32)52-33-9-15-38-29(24-33)17-19-43-38)40(47)44-54(50,51)35-12-10-34(11-13-35)53(3,48)49/h4-15,17,19,24-25,43H,16,18,20-23,26-27H2,1-3H3,(H,44,47). The zero-order valence-corrected chi connectivity index (χ0v) is 32.8. The lowest BCUT2D eigenvalue weighted by atomic mass is 9.72. The van der Waals surface area contributed by atoms with Crippen LogP contribution in [0.15, 0.2) is 113 Å². The summed E-state index contributed by atoms with van der Waals surface area (Å²) in [6.45, 7) is 8.79. The maximum atomic E-state index is 13.6. The van der Waals surface area contributed by atoms with Gasteiger partial charge in [-0.15, -0.1) is 0 Å². The second-order valence-electron chi connectivity index (χ2n) is 14.9. The van der Waals surface area contributed by atoms with Crippen molar-refractivity contribution in [2.75, 3.05) is 43.9 Å². The van der Waals surface area contributed by atoms with Crippen LogP contribution in [0.3, 0.4) is 0 Å². The lowest BCUT2D eigenvalue weighted by Gasteiger charge is -2.39. The maximum Gasteiger partial charge on any atom is 0.268 e. The number of ether oxygens (including phenoxy) is 1. The summed E-state index contributed by atoms with van der Waals surface area (Å²) in [4.78, 5) is 21.3.